The molecule has 0 bridgehead atoms. The van der Waals surface area contributed by atoms with Gasteiger partial charge in [-0.3, -0.25) is 4.79 Å². The number of hydrogen-bond donors (Lipinski definition) is 0. The molecular formula is C16H22N2O4S. The number of ether oxygens (including phenoxy) is 1. The Kier molecular flexibility index (Phi) is 3.88. The van der Waals surface area contributed by atoms with E-state index in [2.05, 4.69) is 0 Å². The topological polar surface area (TPSA) is 66.9 Å². The minimum absolute atomic E-state index is 0.127. The molecule has 7 heteroatoms. The zero-order valence-electron chi connectivity index (χ0n) is 13.7. The monoisotopic (exact) mass is 338 g/mol. The fourth-order valence-electron chi connectivity index (χ4n) is 3.11. The Labute approximate surface area is 137 Å². The van der Waals surface area contributed by atoms with Crippen LogP contribution >= 0.6 is 0 Å². The Balaban J connectivity index is 2.04. The number of rotatable bonds is 2. The van der Waals surface area contributed by atoms with Crippen LogP contribution in [-0.4, -0.2) is 43.9 Å². The minimum atomic E-state index is -3.51. The number of carbonyl (C=O) groups excluding carboxylic acids is 1. The van der Waals surface area contributed by atoms with Crippen molar-refractivity contribution in [2.24, 2.45) is 0 Å². The van der Waals surface area contributed by atoms with Crippen molar-refractivity contribution in [1.82, 2.24) is 4.31 Å². The van der Waals surface area contributed by atoms with Gasteiger partial charge in [0.2, 0.25) is 15.9 Å². The number of hydrogen-bond acceptors (Lipinski definition) is 4. The van der Waals surface area contributed by atoms with Gasteiger partial charge in [0, 0.05) is 20.0 Å². The molecule has 0 aliphatic carbocycles. The minimum Gasteiger partial charge on any atom is -0.484 e. The lowest BCUT2D eigenvalue weighted by Gasteiger charge is -2.39. The molecule has 2 heterocycles. The van der Waals surface area contributed by atoms with E-state index in [0.29, 0.717) is 31.1 Å². The molecule has 0 saturated carbocycles. The zero-order chi connectivity index (χ0) is 16.8. The SMILES string of the molecule is CC(=O)N1CC(C)(C)Oc2ccc(S(=O)(=O)N3CCCC3)cc21. The third-order valence-electron chi connectivity index (χ3n) is 4.23. The molecule has 3 rings (SSSR count). The molecule has 1 aromatic rings. The lowest BCUT2D eigenvalue weighted by molar-refractivity contribution is -0.117. The van der Waals surface area contributed by atoms with Gasteiger partial charge < -0.3 is 9.64 Å². The fraction of sp³-hybridized carbons (Fsp3) is 0.562. The molecule has 0 N–H and O–H groups in total. The highest BCUT2D eigenvalue weighted by atomic mass is 32.2. The quantitative estimate of drug-likeness (QED) is 0.827. The highest BCUT2D eigenvalue weighted by Gasteiger charge is 2.35. The lowest BCUT2D eigenvalue weighted by atomic mass is 10.1. The molecule has 126 valence electrons. The van der Waals surface area contributed by atoms with E-state index in [1.807, 2.05) is 13.8 Å². The first kappa shape index (κ1) is 16.3. The number of fused-ring (bicyclic) bond motifs is 1. The molecule has 0 spiro atoms. The zero-order valence-corrected chi connectivity index (χ0v) is 14.5. The Bertz CT molecular complexity index is 736. The molecule has 6 nitrogen and oxygen atoms in total. The lowest BCUT2D eigenvalue weighted by Crippen LogP contribution is -2.48. The van der Waals surface area contributed by atoms with Crippen LogP contribution in [0.5, 0.6) is 5.75 Å². The molecule has 0 unspecified atom stereocenters. The standard InChI is InChI=1S/C16H22N2O4S/c1-12(19)18-11-16(2,3)22-15-7-6-13(10-14(15)18)23(20,21)17-8-4-5-9-17/h6-7,10H,4-5,8-9,11H2,1-3H3. The van der Waals surface area contributed by atoms with Gasteiger partial charge >= 0.3 is 0 Å². The predicted molar refractivity (Wildman–Crippen MR) is 87.2 cm³/mol. The molecule has 2 aliphatic heterocycles. The highest BCUT2D eigenvalue weighted by molar-refractivity contribution is 7.89. The van der Waals surface area contributed by atoms with E-state index in [9.17, 15) is 13.2 Å². The first-order valence-corrected chi connectivity index (χ1v) is 9.26. The summed E-state index contributed by atoms with van der Waals surface area (Å²) in [5.41, 5.74) is 0.0192. The maximum Gasteiger partial charge on any atom is 0.243 e. The summed E-state index contributed by atoms with van der Waals surface area (Å²) in [5.74, 6) is 0.412. The van der Waals surface area contributed by atoms with Crippen LogP contribution in [0.15, 0.2) is 23.1 Å². The van der Waals surface area contributed by atoms with Crippen molar-refractivity contribution in [2.45, 2.75) is 44.1 Å². The second kappa shape index (κ2) is 5.49. The van der Waals surface area contributed by atoms with Crippen LogP contribution in [0, 0.1) is 0 Å². The summed E-state index contributed by atoms with van der Waals surface area (Å²) in [6.07, 6.45) is 1.78. The summed E-state index contributed by atoms with van der Waals surface area (Å²) in [7, 11) is -3.51. The third-order valence-corrected chi connectivity index (χ3v) is 6.12. The van der Waals surface area contributed by atoms with Crippen LogP contribution in [0.1, 0.15) is 33.6 Å². The van der Waals surface area contributed by atoms with Crippen LogP contribution in [0.4, 0.5) is 5.69 Å². The Morgan fingerprint density at radius 1 is 1.22 bits per heavy atom. The van der Waals surface area contributed by atoms with E-state index in [0.717, 1.165) is 12.8 Å². The smallest absolute Gasteiger partial charge is 0.243 e. The average molecular weight is 338 g/mol. The van der Waals surface area contributed by atoms with Gasteiger partial charge in [-0.2, -0.15) is 4.31 Å². The number of nitrogens with zero attached hydrogens (tertiary/aromatic N) is 2. The highest BCUT2D eigenvalue weighted by Crippen LogP contribution is 2.39. The molecule has 1 aromatic carbocycles. The largest absolute Gasteiger partial charge is 0.484 e. The van der Waals surface area contributed by atoms with E-state index in [4.69, 9.17) is 4.74 Å². The summed E-state index contributed by atoms with van der Waals surface area (Å²) in [4.78, 5) is 13.8. The molecular weight excluding hydrogens is 316 g/mol. The second-order valence-electron chi connectivity index (χ2n) is 6.71. The van der Waals surface area contributed by atoms with Crippen LogP contribution < -0.4 is 9.64 Å². The van der Waals surface area contributed by atoms with Crippen molar-refractivity contribution in [3.05, 3.63) is 18.2 Å². The summed E-state index contributed by atoms with van der Waals surface area (Å²) in [6.45, 7) is 6.79. The summed E-state index contributed by atoms with van der Waals surface area (Å²) >= 11 is 0. The Morgan fingerprint density at radius 3 is 2.48 bits per heavy atom. The van der Waals surface area contributed by atoms with Gasteiger partial charge in [0.05, 0.1) is 17.1 Å². The molecule has 1 fully saturated rings. The van der Waals surface area contributed by atoms with E-state index >= 15 is 0 Å². The maximum absolute atomic E-state index is 12.7. The third kappa shape index (κ3) is 2.95. The van der Waals surface area contributed by atoms with Gasteiger partial charge in [-0.05, 0) is 44.9 Å². The maximum atomic E-state index is 12.7. The first-order valence-electron chi connectivity index (χ1n) is 7.82. The Morgan fingerprint density at radius 2 is 1.87 bits per heavy atom. The van der Waals surface area contributed by atoms with Crippen LogP contribution in [0.25, 0.3) is 0 Å². The van der Waals surface area contributed by atoms with Crippen molar-refractivity contribution < 1.29 is 17.9 Å². The van der Waals surface area contributed by atoms with Gasteiger partial charge in [0.25, 0.3) is 0 Å². The number of benzene rings is 1. The van der Waals surface area contributed by atoms with Crippen molar-refractivity contribution in [3.8, 4) is 5.75 Å². The fourth-order valence-corrected chi connectivity index (χ4v) is 4.65. The number of anilines is 1. The molecule has 23 heavy (non-hydrogen) atoms. The van der Waals surface area contributed by atoms with Gasteiger partial charge in [-0.25, -0.2) is 8.42 Å². The van der Waals surface area contributed by atoms with Crippen molar-refractivity contribution in [3.63, 3.8) is 0 Å². The molecule has 1 amide bonds. The van der Waals surface area contributed by atoms with Crippen molar-refractivity contribution in [2.75, 3.05) is 24.5 Å². The predicted octanol–water partition coefficient (Wildman–Crippen LogP) is 1.99. The summed E-state index contributed by atoms with van der Waals surface area (Å²) in [6, 6.07) is 4.76. The van der Waals surface area contributed by atoms with Crippen LogP contribution in [0.3, 0.4) is 0 Å². The van der Waals surface area contributed by atoms with Crippen molar-refractivity contribution >= 4 is 21.6 Å². The van der Waals surface area contributed by atoms with Crippen LogP contribution in [-0.2, 0) is 14.8 Å². The Hall–Kier alpha value is -1.60. The summed E-state index contributed by atoms with van der Waals surface area (Å²) < 4.78 is 32.8. The second-order valence-corrected chi connectivity index (χ2v) is 8.65. The molecule has 2 aliphatic rings. The molecule has 0 aromatic heterocycles. The van der Waals surface area contributed by atoms with Gasteiger partial charge in [0.1, 0.15) is 11.4 Å². The molecule has 0 radical (unpaired) electrons. The van der Waals surface area contributed by atoms with E-state index in [-0.39, 0.29) is 10.8 Å². The van der Waals surface area contributed by atoms with Crippen LogP contribution in [0.2, 0.25) is 0 Å². The van der Waals surface area contributed by atoms with Gasteiger partial charge in [-0.15, -0.1) is 0 Å². The van der Waals surface area contributed by atoms with E-state index in [1.165, 1.54) is 11.2 Å². The number of amides is 1. The molecule has 1 saturated heterocycles. The van der Waals surface area contributed by atoms with Crippen molar-refractivity contribution in [1.29, 1.82) is 0 Å². The van der Waals surface area contributed by atoms with Gasteiger partial charge in [-0.1, -0.05) is 0 Å². The first-order chi connectivity index (χ1) is 10.7. The molecule has 0 atom stereocenters. The number of carbonyl (C=O) groups is 1. The van der Waals surface area contributed by atoms with Gasteiger partial charge in [0.15, 0.2) is 0 Å². The summed E-state index contributed by atoms with van der Waals surface area (Å²) in [5, 5.41) is 0. The van der Waals surface area contributed by atoms with E-state index in [1.54, 1.807) is 23.1 Å². The number of sulfonamides is 1. The average Bonchev–Trinajstić information content (AvgIpc) is 2.99. The van der Waals surface area contributed by atoms with E-state index < -0.39 is 15.6 Å². The normalized spacial score (nSPS) is 20.9.